The van der Waals surface area contributed by atoms with Gasteiger partial charge in [0, 0.05) is 0 Å². The summed E-state index contributed by atoms with van der Waals surface area (Å²) in [5, 5.41) is 16.3. The van der Waals surface area contributed by atoms with Gasteiger partial charge in [-0.3, -0.25) is 0 Å². The minimum Gasteiger partial charge on any atom is -0.0623 e. The van der Waals surface area contributed by atoms with Crippen LogP contribution in [0.25, 0.3) is 21.5 Å². The smallest absolute Gasteiger partial charge is 0.0623 e. The SMILES string of the molecule is c1ccc([Si](c2ccccc2)(c2ccccc2)c2ccc3cc4ccccc4cc3c2[Si](c2ccccc2)(c2ccccc2)c2ccccc2)cc1. The molecule has 0 saturated carbocycles. The van der Waals surface area contributed by atoms with Crippen LogP contribution in [0.1, 0.15) is 0 Å². The van der Waals surface area contributed by atoms with Crippen LogP contribution in [-0.2, 0) is 0 Å². The number of fused-ring (bicyclic) bond motifs is 2. The van der Waals surface area contributed by atoms with Gasteiger partial charge in [-0.2, -0.15) is 0 Å². The Morgan fingerprint density at radius 3 is 0.904 bits per heavy atom. The molecule has 0 aromatic heterocycles. The number of rotatable bonds is 8. The number of hydrogen-bond acceptors (Lipinski definition) is 0. The summed E-state index contributed by atoms with van der Waals surface area (Å²) < 4.78 is 0. The van der Waals surface area contributed by atoms with Crippen molar-refractivity contribution in [3.63, 3.8) is 0 Å². The Morgan fingerprint density at radius 2 is 0.538 bits per heavy atom. The van der Waals surface area contributed by atoms with E-state index in [4.69, 9.17) is 0 Å². The molecule has 52 heavy (non-hydrogen) atoms. The van der Waals surface area contributed by atoms with Gasteiger partial charge in [0.1, 0.15) is 0 Å². The van der Waals surface area contributed by atoms with Crippen LogP contribution in [0.5, 0.6) is 0 Å². The molecule has 9 aromatic rings. The summed E-state index contributed by atoms with van der Waals surface area (Å²) in [6.07, 6.45) is 0. The highest BCUT2D eigenvalue weighted by Gasteiger charge is 2.50. The van der Waals surface area contributed by atoms with E-state index in [1.54, 1.807) is 0 Å². The lowest BCUT2D eigenvalue weighted by molar-refractivity contribution is 1.66. The molecule has 2 heteroatoms. The molecule has 0 aliphatic heterocycles. The summed E-state index contributed by atoms with van der Waals surface area (Å²) in [5.41, 5.74) is 0. The molecule has 0 radical (unpaired) electrons. The van der Waals surface area contributed by atoms with E-state index >= 15 is 0 Å². The van der Waals surface area contributed by atoms with Crippen molar-refractivity contribution in [2.45, 2.75) is 0 Å². The quantitative estimate of drug-likeness (QED) is 0.0939. The lowest BCUT2D eigenvalue weighted by atomic mass is 10.0. The number of benzene rings is 9. The standard InChI is InChI=1S/C50H38Si2/c1-7-23-42(24-8-1)51(43-25-9-2-10-26-43,44-27-11-3-12-28-44)49-36-35-41-37-39-21-19-20-22-40(39)38-48(41)50(49)52(45-29-13-4-14-30-45,46-31-15-5-16-32-46)47-33-17-6-18-34-47/h1-38H. The molecule has 9 rings (SSSR count). The van der Waals surface area contributed by atoms with Crippen LogP contribution in [0, 0.1) is 0 Å². The van der Waals surface area contributed by atoms with Crippen molar-refractivity contribution < 1.29 is 0 Å². The normalized spacial score (nSPS) is 11.8. The second-order valence-electron chi connectivity index (χ2n) is 13.6. The van der Waals surface area contributed by atoms with E-state index in [0.717, 1.165) is 0 Å². The zero-order valence-electron chi connectivity index (χ0n) is 28.9. The maximum absolute atomic E-state index is 3.07. The molecule has 0 saturated heterocycles. The molecule has 0 N–H and O–H groups in total. The summed E-state index contributed by atoms with van der Waals surface area (Å²) in [7, 11) is -6.07. The predicted octanol–water partition coefficient (Wildman–Crippen LogP) is 6.75. The van der Waals surface area contributed by atoms with Gasteiger partial charge in [-0.15, -0.1) is 0 Å². The second kappa shape index (κ2) is 13.6. The van der Waals surface area contributed by atoms with Gasteiger partial charge in [-0.25, -0.2) is 0 Å². The third kappa shape index (κ3) is 5.11. The Bertz CT molecular complexity index is 2390. The Morgan fingerprint density at radius 1 is 0.231 bits per heavy atom. The molecule has 0 unspecified atom stereocenters. The molecule has 0 aliphatic rings. The van der Waals surface area contributed by atoms with Crippen molar-refractivity contribution >= 4 is 79.2 Å². The lowest BCUT2D eigenvalue weighted by Gasteiger charge is -2.42. The lowest BCUT2D eigenvalue weighted by Crippen LogP contribution is -2.84. The highest BCUT2D eigenvalue weighted by molar-refractivity contribution is 7.27. The molecule has 0 bridgehead atoms. The van der Waals surface area contributed by atoms with Gasteiger partial charge < -0.3 is 0 Å². The average Bonchev–Trinajstić information content (AvgIpc) is 3.23. The summed E-state index contributed by atoms with van der Waals surface area (Å²) in [4.78, 5) is 0. The van der Waals surface area contributed by atoms with Crippen molar-refractivity contribution in [1.29, 1.82) is 0 Å². The first-order chi connectivity index (χ1) is 25.8. The second-order valence-corrected chi connectivity index (χ2v) is 21.1. The van der Waals surface area contributed by atoms with E-state index in [-0.39, 0.29) is 0 Å². The van der Waals surface area contributed by atoms with Gasteiger partial charge in [0.25, 0.3) is 0 Å². The Hall–Kier alpha value is -6.07. The maximum Gasteiger partial charge on any atom is 0.180 e. The van der Waals surface area contributed by atoms with Gasteiger partial charge in [0.15, 0.2) is 16.1 Å². The van der Waals surface area contributed by atoms with Crippen molar-refractivity contribution in [2.24, 2.45) is 0 Å². The van der Waals surface area contributed by atoms with Gasteiger partial charge in [0.05, 0.1) is 0 Å². The summed E-state index contributed by atoms with van der Waals surface area (Å²) in [5.74, 6) is 0. The van der Waals surface area contributed by atoms with Crippen LogP contribution in [0.2, 0.25) is 0 Å². The fraction of sp³-hybridized carbons (Fsp3) is 0. The van der Waals surface area contributed by atoms with Gasteiger partial charge in [0.2, 0.25) is 0 Å². The van der Waals surface area contributed by atoms with E-state index in [2.05, 4.69) is 231 Å². The van der Waals surface area contributed by atoms with Crippen molar-refractivity contribution in [3.05, 3.63) is 231 Å². The Balaban J connectivity index is 1.60. The van der Waals surface area contributed by atoms with E-state index in [1.807, 2.05) is 0 Å². The van der Waals surface area contributed by atoms with Gasteiger partial charge in [-0.1, -0.05) is 218 Å². The van der Waals surface area contributed by atoms with Gasteiger partial charge in [-0.05, 0) is 75.2 Å². The monoisotopic (exact) mass is 694 g/mol. The first kappa shape index (κ1) is 31.9. The highest BCUT2D eigenvalue weighted by Crippen LogP contribution is 2.25. The average molecular weight is 695 g/mol. The third-order valence-corrected chi connectivity index (χ3v) is 20.9. The molecule has 0 amide bonds. The first-order valence-corrected chi connectivity index (χ1v) is 22.1. The number of hydrogen-bond donors (Lipinski definition) is 0. The van der Waals surface area contributed by atoms with Crippen molar-refractivity contribution in [3.8, 4) is 0 Å². The largest absolute Gasteiger partial charge is 0.180 e. The topological polar surface area (TPSA) is 0 Å². The van der Waals surface area contributed by atoms with Crippen LogP contribution >= 0.6 is 0 Å². The molecule has 0 aliphatic carbocycles. The van der Waals surface area contributed by atoms with Crippen molar-refractivity contribution in [2.75, 3.05) is 0 Å². The summed E-state index contributed by atoms with van der Waals surface area (Å²) in [6.45, 7) is 0. The van der Waals surface area contributed by atoms with E-state index in [9.17, 15) is 0 Å². The molecular weight excluding hydrogens is 657 g/mol. The molecule has 9 aromatic carbocycles. The molecular formula is C50H38Si2. The van der Waals surface area contributed by atoms with E-state index in [1.165, 1.54) is 63.0 Å². The summed E-state index contributed by atoms with van der Waals surface area (Å²) in [6, 6.07) is 87.1. The van der Waals surface area contributed by atoms with Crippen LogP contribution in [-0.4, -0.2) is 16.1 Å². The Labute approximate surface area is 308 Å². The van der Waals surface area contributed by atoms with E-state index in [0.29, 0.717) is 0 Å². The highest BCUT2D eigenvalue weighted by atomic mass is 28.3. The molecule has 246 valence electrons. The molecule has 0 fully saturated rings. The third-order valence-electron chi connectivity index (χ3n) is 10.9. The fourth-order valence-corrected chi connectivity index (χ4v) is 19.8. The molecule has 0 heterocycles. The van der Waals surface area contributed by atoms with Crippen LogP contribution < -0.4 is 41.5 Å². The summed E-state index contributed by atoms with van der Waals surface area (Å²) >= 11 is 0. The Kier molecular flexibility index (Phi) is 8.32. The zero-order chi connectivity index (χ0) is 34.8. The van der Waals surface area contributed by atoms with Crippen LogP contribution in [0.4, 0.5) is 0 Å². The molecule has 0 nitrogen and oxygen atoms in total. The molecule has 0 spiro atoms. The fourth-order valence-electron chi connectivity index (χ4n) is 8.76. The van der Waals surface area contributed by atoms with Gasteiger partial charge >= 0.3 is 0 Å². The minimum absolute atomic E-state index is 1.26. The molecule has 0 atom stereocenters. The van der Waals surface area contributed by atoms with Crippen molar-refractivity contribution in [1.82, 2.24) is 0 Å². The minimum atomic E-state index is -3.07. The zero-order valence-corrected chi connectivity index (χ0v) is 30.9. The maximum atomic E-state index is 2.53. The first-order valence-electron chi connectivity index (χ1n) is 18.1. The van der Waals surface area contributed by atoms with Crippen LogP contribution in [0.3, 0.4) is 0 Å². The predicted molar refractivity (Wildman–Crippen MR) is 229 cm³/mol. The van der Waals surface area contributed by atoms with E-state index < -0.39 is 16.1 Å². The van der Waals surface area contributed by atoms with Crippen LogP contribution in [0.15, 0.2) is 231 Å².